The van der Waals surface area contributed by atoms with Gasteiger partial charge in [0.25, 0.3) is 0 Å². The van der Waals surface area contributed by atoms with Gasteiger partial charge in [-0.3, -0.25) is 4.99 Å². The third kappa shape index (κ3) is 4.07. The fourth-order valence-corrected chi connectivity index (χ4v) is 4.52. The van der Waals surface area contributed by atoms with Crippen LogP contribution < -0.4 is 10.6 Å². The summed E-state index contributed by atoms with van der Waals surface area (Å²) in [4.78, 5) is 6.35. The number of nitrogens with zero attached hydrogens (tertiary/aromatic N) is 2. The number of thioether (sulfide) groups is 1. The number of alkyl halides is 3. The highest BCUT2D eigenvalue weighted by Gasteiger charge is 2.38. The van der Waals surface area contributed by atoms with Crippen molar-refractivity contribution >= 4 is 24.2 Å². The number of rotatable bonds is 6. The fourth-order valence-electron chi connectivity index (χ4n) is 3.59. The summed E-state index contributed by atoms with van der Waals surface area (Å²) in [5.74, 6) is 1.22. The second-order valence-corrected chi connectivity index (χ2v) is 7.51. The van der Waals surface area contributed by atoms with E-state index in [-0.39, 0.29) is 0 Å². The molecule has 8 heteroatoms. The monoisotopic (exact) mass is 384 g/mol. The molecule has 2 unspecified atom stereocenters. The molecule has 2 N–H and O–H groups in total. The molecule has 1 aromatic rings. The van der Waals surface area contributed by atoms with Crippen LogP contribution in [0.1, 0.15) is 17.5 Å². The summed E-state index contributed by atoms with van der Waals surface area (Å²) in [5.41, 5.74) is 0.281. The van der Waals surface area contributed by atoms with Crippen molar-refractivity contribution in [3.8, 4) is 0 Å². The second kappa shape index (κ2) is 8.02. The Labute approximate surface area is 155 Å². The maximum atomic E-state index is 13.1. The Morgan fingerprint density at radius 2 is 2.23 bits per heavy atom. The Morgan fingerprint density at radius 1 is 1.42 bits per heavy atom. The first kappa shape index (κ1) is 19.3. The van der Waals surface area contributed by atoms with Crippen molar-refractivity contribution in [1.82, 2.24) is 15.5 Å². The third-order valence-electron chi connectivity index (χ3n) is 4.83. The van der Waals surface area contributed by atoms with Crippen molar-refractivity contribution in [3.63, 3.8) is 0 Å². The number of benzene rings is 1. The number of hydrogen-bond acceptors (Lipinski definition) is 5. The first-order chi connectivity index (χ1) is 12.4. The standard InChI is InChI=1S/C18H23F3N4S/c1-22-11-26-17(25-9-13-6-7-24-15(13)10-25)16(23-2)12-4-3-5-14(8-12)18(19,20)21/h3-5,8,13,15,22,24H,2,6-7,9-11H2,1H3/b17-16-. The van der Waals surface area contributed by atoms with Gasteiger partial charge >= 0.3 is 6.18 Å². The molecule has 0 spiro atoms. The minimum absolute atomic E-state index is 0.438. The Hall–Kier alpha value is -1.51. The van der Waals surface area contributed by atoms with Gasteiger partial charge in [-0.15, -0.1) is 0 Å². The SMILES string of the molecule is C=N/C(=C(\SCNC)N1CC2CCNC2C1)c1cccc(C(F)(F)F)c1. The van der Waals surface area contributed by atoms with Gasteiger partial charge in [-0.1, -0.05) is 23.9 Å². The van der Waals surface area contributed by atoms with Gasteiger partial charge in [0.2, 0.25) is 0 Å². The van der Waals surface area contributed by atoms with E-state index >= 15 is 0 Å². The van der Waals surface area contributed by atoms with Crippen LogP contribution in [0.4, 0.5) is 13.2 Å². The molecular weight excluding hydrogens is 361 g/mol. The van der Waals surface area contributed by atoms with E-state index in [4.69, 9.17) is 0 Å². The Kier molecular flexibility index (Phi) is 5.94. The summed E-state index contributed by atoms with van der Waals surface area (Å²) in [6.07, 6.45) is -3.25. The summed E-state index contributed by atoms with van der Waals surface area (Å²) in [7, 11) is 1.84. The molecule has 3 rings (SSSR count). The van der Waals surface area contributed by atoms with Gasteiger partial charge in [0.15, 0.2) is 0 Å². The number of likely N-dealkylation sites (tertiary alicyclic amines) is 1. The van der Waals surface area contributed by atoms with Gasteiger partial charge in [0.05, 0.1) is 16.3 Å². The summed E-state index contributed by atoms with van der Waals surface area (Å²) >= 11 is 1.55. The summed E-state index contributed by atoms with van der Waals surface area (Å²) in [6.45, 7) is 6.40. The van der Waals surface area contributed by atoms with E-state index in [9.17, 15) is 13.2 Å². The first-order valence-corrected chi connectivity index (χ1v) is 9.57. The molecule has 2 fully saturated rings. The molecule has 2 aliphatic rings. The van der Waals surface area contributed by atoms with Crippen LogP contribution in [0.15, 0.2) is 34.3 Å². The van der Waals surface area contributed by atoms with E-state index in [1.54, 1.807) is 17.8 Å². The molecule has 0 saturated carbocycles. The molecule has 2 atom stereocenters. The van der Waals surface area contributed by atoms with Gasteiger partial charge in [-0.2, -0.15) is 13.2 Å². The lowest BCUT2D eigenvalue weighted by Crippen LogP contribution is -2.30. The van der Waals surface area contributed by atoms with E-state index in [1.807, 2.05) is 7.05 Å². The smallest absolute Gasteiger partial charge is 0.363 e. The third-order valence-corrected chi connectivity index (χ3v) is 5.99. The minimum atomic E-state index is -4.38. The van der Waals surface area contributed by atoms with Crippen LogP contribution in [0.3, 0.4) is 0 Å². The maximum Gasteiger partial charge on any atom is 0.416 e. The molecule has 142 valence electrons. The molecule has 2 saturated heterocycles. The second-order valence-electron chi connectivity index (χ2n) is 6.55. The van der Waals surface area contributed by atoms with Gasteiger partial charge in [-0.25, -0.2) is 0 Å². The Balaban J connectivity index is 1.97. The number of hydrogen-bond donors (Lipinski definition) is 2. The lowest BCUT2D eigenvalue weighted by Gasteiger charge is -2.25. The molecule has 26 heavy (non-hydrogen) atoms. The van der Waals surface area contributed by atoms with E-state index < -0.39 is 11.7 Å². The van der Waals surface area contributed by atoms with Gasteiger partial charge in [-0.05, 0) is 44.8 Å². The molecule has 4 nitrogen and oxygen atoms in total. The number of nitrogens with one attached hydrogen (secondary N) is 2. The molecule has 2 aliphatic heterocycles. The molecular formula is C18H23F3N4S. The van der Waals surface area contributed by atoms with Crippen LogP contribution in [0, 0.1) is 5.92 Å². The highest BCUT2D eigenvalue weighted by Crippen LogP contribution is 2.37. The molecule has 1 aromatic carbocycles. The van der Waals surface area contributed by atoms with E-state index in [1.165, 1.54) is 6.07 Å². The molecule has 0 amide bonds. The number of fused-ring (bicyclic) bond motifs is 1. The lowest BCUT2D eigenvalue weighted by atomic mass is 10.1. The van der Waals surface area contributed by atoms with Crippen molar-refractivity contribution in [2.45, 2.75) is 18.6 Å². The Morgan fingerprint density at radius 3 is 2.88 bits per heavy atom. The predicted molar refractivity (Wildman–Crippen MR) is 101 cm³/mol. The minimum Gasteiger partial charge on any atom is -0.363 e. The van der Waals surface area contributed by atoms with Crippen molar-refractivity contribution in [2.24, 2.45) is 10.9 Å². The van der Waals surface area contributed by atoms with Gasteiger partial charge < -0.3 is 15.5 Å². The van der Waals surface area contributed by atoms with Crippen LogP contribution in [0.2, 0.25) is 0 Å². The average Bonchev–Trinajstić information content (AvgIpc) is 3.19. The number of halogens is 3. The normalized spacial score (nSPS) is 23.8. The molecule has 0 aromatic heterocycles. The summed E-state index contributed by atoms with van der Waals surface area (Å²) in [6, 6.07) is 5.75. The zero-order valence-corrected chi connectivity index (χ0v) is 15.5. The van der Waals surface area contributed by atoms with Crippen LogP contribution in [-0.4, -0.2) is 50.2 Å². The van der Waals surface area contributed by atoms with Crippen LogP contribution >= 0.6 is 11.8 Å². The highest BCUT2D eigenvalue weighted by molar-refractivity contribution is 8.03. The lowest BCUT2D eigenvalue weighted by molar-refractivity contribution is -0.137. The quantitative estimate of drug-likeness (QED) is 0.584. The molecule has 0 radical (unpaired) electrons. The van der Waals surface area contributed by atoms with Crippen LogP contribution in [0.25, 0.3) is 5.70 Å². The van der Waals surface area contributed by atoms with E-state index in [2.05, 4.69) is 27.2 Å². The fraction of sp³-hybridized carbons (Fsp3) is 0.500. The zero-order chi connectivity index (χ0) is 18.7. The van der Waals surface area contributed by atoms with E-state index in [0.717, 1.165) is 43.2 Å². The number of aliphatic imine (C=N–C) groups is 1. The highest BCUT2D eigenvalue weighted by atomic mass is 32.2. The largest absolute Gasteiger partial charge is 0.416 e. The van der Waals surface area contributed by atoms with Gasteiger partial charge in [0, 0.05) is 30.6 Å². The summed E-state index contributed by atoms with van der Waals surface area (Å²) in [5, 5.41) is 7.46. The van der Waals surface area contributed by atoms with Gasteiger partial charge in [0.1, 0.15) is 0 Å². The van der Waals surface area contributed by atoms with E-state index in [0.29, 0.717) is 29.1 Å². The predicted octanol–water partition coefficient (Wildman–Crippen LogP) is 3.24. The van der Waals surface area contributed by atoms with Crippen LogP contribution in [-0.2, 0) is 6.18 Å². The maximum absolute atomic E-state index is 13.1. The van der Waals surface area contributed by atoms with Crippen molar-refractivity contribution in [3.05, 3.63) is 40.4 Å². The summed E-state index contributed by atoms with van der Waals surface area (Å²) < 4.78 is 39.3. The van der Waals surface area contributed by atoms with Crippen molar-refractivity contribution in [2.75, 3.05) is 32.6 Å². The average molecular weight is 384 g/mol. The molecule has 2 heterocycles. The zero-order valence-electron chi connectivity index (χ0n) is 14.6. The Bertz CT molecular complexity index is 677. The van der Waals surface area contributed by atoms with Crippen molar-refractivity contribution < 1.29 is 13.2 Å². The molecule has 0 aliphatic carbocycles. The van der Waals surface area contributed by atoms with Crippen LogP contribution in [0.5, 0.6) is 0 Å². The van der Waals surface area contributed by atoms with Crippen molar-refractivity contribution in [1.29, 1.82) is 0 Å². The first-order valence-electron chi connectivity index (χ1n) is 8.58. The molecule has 0 bridgehead atoms. The topological polar surface area (TPSA) is 39.7 Å².